The zero-order chi connectivity index (χ0) is 16.5. The fraction of sp³-hybridized carbons (Fsp3) is 0.800. The van der Waals surface area contributed by atoms with Crippen LogP contribution < -0.4 is 0 Å². The average molecular weight is 314 g/mol. The molecule has 0 radical (unpaired) electrons. The third kappa shape index (κ3) is 4.18. The number of rotatable bonds is 2. The second-order valence-electron chi connectivity index (χ2n) is 7.08. The van der Waals surface area contributed by atoms with Crippen LogP contribution in [0.1, 0.15) is 40.0 Å². The van der Waals surface area contributed by atoms with Crippen LogP contribution in [-0.2, 0) is 14.3 Å². The van der Waals surface area contributed by atoms with Gasteiger partial charge in [-0.15, -0.1) is 0 Å². The van der Waals surface area contributed by atoms with E-state index in [0.717, 1.165) is 0 Å². The molecule has 0 N–H and O–H groups in total. The predicted octanol–water partition coefficient (Wildman–Crippen LogP) is 1.53. The van der Waals surface area contributed by atoms with E-state index in [0.29, 0.717) is 0 Å². The van der Waals surface area contributed by atoms with Crippen molar-refractivity contribution >= 4 is 17.8 Å². The minimum Gasteiger partial charge on any atom is -0.444 e. The molecule has 0 aliphatic carbocycles. The summed E-state index contributed by atoms with van der Waals surface area (Å²) in [6, 6.07) is 0. The maximum absolute atomic E-state index is 14.8. The highest BCUT2D eigenvalue weighted by Gasteiger charge is 2.41. The molecular weight excluding hydrogens is 291 g/mol. The van der Waals surface area contributed by atoms with E-state index in [-0.39, 0.29) is 57.1 Å². The highest BCUT2D eigenvalue weighted by atomic mass is 19.1. The number of carbonyl (C=O) groups is 3. The molecule has 2 amide bonds. The van der Waals surface area contributed by atoms with Crippen molar-refractivity contribution in [3.63, 3.8) is 0 Å². The molecule has 0 aromatic heterocycles. The lowest BCUT2D eigenvalue weighted by Gasteiger charge is -2.38. The van der Waals surface area contributed by atoms with Crippen LogP contribution in [0.15, 0.2) is 0 Å². The van der Waals surface area contributed by atoms with Gasteiger partial charge in [-0.3, -0.25) is 9.59 Å². The Morgan fingerprint density at radius 2 is 1.86 bits per heavy atom. The van der Waals surface area contributed by atoms with Crippen LogP contribution in [0.3, 0.4) is 0 Å². The molecule has 0 unspecified atom stereocenters. The van der Waals surface area contributed by atoms with Gasteiger partial charge in [0.05, 0.1) is 19.5 Å². The highest BCUT2D eigenvalue weighted by Crippen LogP contribution is 2.29. The molecule has 2 fully saturated rings. The Morgan fingerprint density at radius 1 is 1.27 bits per heavy atom. The van der Waals surface area contributed by atoms with E-state index in [9.17, 15) is 18.8 Å². The first-order valence-corrected chi connectivity index (χ1v) is 7.54. The molecule has 2 heterocycles. The molecule has 0 saturated carbocycles. The third-order valence-corrected chi connectivity index (χ3v) is 3.85. The van der Waals surface area contributed by atoms with Crippen molar-refractivity contribution in [3.8, 4) is 0 Å². The first-order chi connectivity index (χ1) is 10.1. The lowest BCUT2D eigenvalue weighted by molar-refractivity contribution is -0.130. The number of hydrogen-bond donors (Lipinski definition) is 0. The standard InChI is InChI=1S/C15H23FN2O4/c1-14(2,3)22-13(21)17-6-4-15(16,5-7-17)10-18-9-11(19)8-12(18)20/h4-10H2,1-3H3. The Bertz CT molecular complexity index is 478. The van der Waals surface area contributed by atoms with E-state index < -0.39 is 17.4 Å². The summed E-state index contributed by atoms with van der Waals surface area (Å²) in [7, 11) is 0. The second kappa shape index (κ2) is 5.85. The number of piperidine rings is 1. The van der Waals surface area contributed by atoms with E-state index >= 15 is 0 Å². The van der Waals surface area contributed by atoms with Gasteiger partial charge >= 0.3 is 6.09 Å². The third-order valence-electron chi connectivity index (χ3n) is 3.85. The fourth-order valence-electron chi connectivity index (χ4n) is 2.70. The molecule has 2 aliphatic heterocycles. The molecule has 22 heavy (non-hydrogen) atoms. The van der Waals surface area contributed by atoms with Gasteiger partial charge in [0.1, 0.15) is 11.3 Å². The van der Waals surface area contributed by atoms with Crippen molar-refractivity contribution in [2.75, 3.05) is 26.2 Å². The number of hydrogen-bond acceptors (Lipinski definition) is 4. The van der Waals surface area contributed by atoms with Crippen LogP contribution in [0.5, 0.6) is 0 Å². The highest BCUT2D eigenvalue weighted by molar-refractivity contribution is 6.05. The summed E-state index contributed by atoms with van der Waals surface area (Å²) >= 11 is 0. The smallest absolute Gasteiger partial charge is 0.410 e. The van der Waals surface area contributed by atoms with E-state index in [2.05, 4.69) is 0 Å². The molecule has 0 aromatic rings. The van der Waals surface area contributed by atoms with Crippen LogP contribution in [0, 0.1) is 0 Å². The monoisotopic (exact) mass is 314 g/mol. The van der Waals surface area contributed by atoms with E-state index in [1.165, 1.54) is 9.80 Å². The van der Waals surface area contributed by atoms with Crippen molar-refractivity contribution in [3.05, 3.63) is 0 Å². The number of ketones is 1. The van der Waals surface area contributed by atoms with Gasteiger partial charge in [0.25, 0.3) is 0 Å². The number of likely N-dealkylation sites (tertiary alicyclic amines) is 2. The Balaban J connectivity index is 1.86. The van der Waals surface area contributed by atoms with Gasteiger partial charge in [-0.2, -0.15) is 0 Å². The van der Waals surface area contributed by atoms with Crippen LogP contribution in [0.4, 0.5) is 9.18 Å². The number of ether oxygens (including phenoxy) is 1. The molecule has 0 bridgehead atoms. The summed E-state index contributed by atoms with van der Waals surface area (Å²) in [5.74, 6) is -0.476. The largest absolute Gasteiger partial charge is 0.444 e. The fourth-order valence-corrected chi connectivity index (χ4v) is 2.70. The Hall–Kier alpha value is -1.66. The normalized spacial score (nSPS) is 22.2. The maximum Gasteiger partial charge on any atom is 0.410 e. The van der Waals surface area contributed by atoms with Gasteiger partial charge in [0.15, 0.2) is 5.78 Å². The number of nitrogens with zero attached hydrogens (tertiary/aromatic N) is 2. The van der Waals surface area contributed by atoms with E-state index in [4.69, 9.17) is 4.74 Å². The van der Waals surface area contributed by atoms with Gasteiger partial charge in [0, 0.05) is 25.9 Å². The molecule has 2 rings (SSSR count). The minimum absolute atomic E-state index is 0.000281. The quantitative estimate of drug-likeness (QED) is 0.725. The average Bonchev–Trinajstić information content (AvgIpc) is 2.65. The Labute approximate surface area is 129 Å². The molecule has 2 saturated heterocycles. The van der Waals surface area contributed by atoms with Crippen LogP contribution in [0.25, 0.3) is 0 Å². The van der Waals surface area contributed by atoms with Gasteiger partial charge < -0.3 is 14.5 Å². The molecule has 2 aliphatic rings. The topological polar surface area (TPSA) is 66.9 Å². The Kier molecular flexibility index (Phi) is 4.44. The zero-order valence-corrected chi connectivity index (χ0v) is 13.4. The van der Waals surface area contributed by atoms with Crippen molar-refractivity contribution in [2.45, 2.75) is 51.3 Å². The van der Waals surface area contributed by atoms with Crippen molar-refractivity contribution in [1.82, 2.24) is 9.80 Å². The predicted molar refractivity (Wildman–Crippen MR) is 77.1 cm³/mol. The van der Waals surface area contributed by atoms with E-state index in [1.54, 1.807) is 20.8 Å². The van der Waals surface area contributed by atoms with Gasteiger partial charge in [-0.1, -0.05) is 0 Å². The first kappa shape index (κ1) is 16.7. The molecule has 0 atom stereocenters. The molecule has 0 aromatic carbocycles. The summed E-state index contributed by atoms with van der Waals surface area (Å²) in [4.78, 5) is 37.5. The summed E-state index contributed by atoms with van der Waals surface area (Å²) in [6.45, 7) is 5.78. The number of halogens is 1. The van der Waals surface area contributed by atoms with Crippen LogP contribution in [0.2, 0.25) is 0 Å². The summed E-state index contributed by atoms with van der Waals surface area (Å²) in [6.07, 6.45) is -0.281. The van der Waals surface area contributed by atoms with Crippen molar-refractivity contribution in [1.29, 1.82) is 0 Å². The summed E-state index contributed by atoms with van der Waals surface area (Å²) in [5, 5.41) is 0. The first-order valence-electron chi connectivity index (χ1n) is 7.54. The number of Topliss-reactive ketones (excluding diaryl/α,β-unsaturated/α-hetero) is 1. The van der Waals surface area contributed by atoms with Crippen molar-refractivity contribution in [2.24, 2.45) is 0 Å². The molecule has 0 spiro atoms. The van der Waals surface area contributed by atoms with Gasteiger partial charge in [-0.25, -0.2) is 9.18 Å². The van der Waals surface area contributed by atoms with Crippen LogP contribution >= 0.6 is 0 Å². The number of amides is 2. The summed E-state index contributed by atoms with van der Waals surface area (Å²) in [5.41, 5.74) is -2.12. The van der Waals surface area contributed by atoms with Crippen LogP contribution in [-0.4, -0.2) is 65.0 Å². The SMILES string of the molecule is CC(C)(C)OC(=O)N1CCC(F)(CN2CC(=O)CC2=O)CC1. The number of carbonyl (C=O) groups excluding carboxylic acids is 3. The molecule has 7 heteroatoms. The minimum atomic E-state index is -1.54. The Morgan fingerprint density at radius 3 is 2.32 bits per heavy atom. The van der Waals surface area contributed by atoms with Gasteiger partial charge in [-0.05, 0) is 20.8 Å². The lowest BCUT2D eigenvalue weighted by Crippen LogP contribution is -2.50. The van der Waals surface area contributed by atoms with E-state index in [1.807, 2.05) is 0 Å². The lowest BCUT2D eigenvalue weighted by atomic mass is 9.93. The number of alkyl halides is 1. The molecule has 124 valence electrons. The molecule has 6 nitrogen and oxygen atoms in total. The summed E-state index contributed by atoms with van der Waals surface area (Å²) < 4.78 is 20.1. The molecular formula is C15H23FN2O4. The van der Waals surface area contributed by atoms with Crippen molar-refractivity contribution < 1.29 is 23.5 Å². The zero-order valence-electron chi connectivity index (χ0n) is 13.4. The van der Waals surface area contributed by atoms with Gasteiger partial charge in [0.2, 0.25) is 5.91 Å². The second-order valence-corrected chi connectivity index (χ2v) is 7.08. The maximum atomic E-state index is 14.8.